The first-order chi connectivity index (χ1) is 13.5. The summed E-state index contributed by atoms with van der Waals surface area (Å²) >= 11 is 0. The van der Waals surface area contributed by atoms with Crippen LogP contribution in [-0.4, -0.2) is 30.4 Å². The number of benzene rings is 1. The van der Waals surface area contributed by atoms with Crippen LogP contribution in [0.2, 0.25) is 0 Å². The van der Waals surface area contributed by atoms with E-state index in [9.17, 15) is 13.4 Å². The predicted octanol–water partition coefficient (Wildman–Crippen LogP) is 4.25. The molecule has 2 N–H and O–H groups in total. The highest BCUT2D eigenvalue weighted by molar-refractivity contribution is 6.41. The molecule has 0 aliphatic carbocycles. The Morgan fingerprint density at radius 1 is 1.21 bits per heavy atom. The van der Waals surface area contributed by atoms with E-state index in [2.05, 4.69) is 4.99 Å². The molecule has 2 heterocycles. The Kier molecular flexibility index (Phi) is 6.16. The molecule has 0 fully saturated rings. The average molecular weight is 379 g/mol. The van der Waals surface area contributed by atoms with Crippen molar-refractivity contribution in [2.75, 3.05) is 6.54 Å². The van der Waals surface area contributed by atoms with Gasteiger partial charge >= 0.3 is 7.40 Å². The van der Waals surface area contributed by atoms with Crippen LogP contribution >= 0.6 is 0 Å². The fourth-order valence-corrected chi connectivity index (χ4v) is 3.18. The van der Waals surface area contributed by atoms with Crippen molar-refractivity contribution in [3.05, 3.63) is 82.8 Å². The van der Waals surface area contributed by atoms with E-state index in [4.69, 9.17) is 5.73 Å². The molecule has 0 atom stereocenters. The SMILES string of the molecule is CC1=CC(/C=C/c2cccc(C=O)c2)=NC/1=C(/CCN)c1cccn1B(F)F. The number of rotatable bonds is 7. The van der Waals surface area contributed by atoms with Crippen molar-refractivity contribution in [2.24, 2.45) is 10.7 Å². The van der Waals surface area contributed by atoms with E-state index >= 15 is 0 Å². The van der Waals surface area contributed by atoms with Crippen LogP contribution in [0, 0.1) is 0 Å². The third kappa shape index (κ3) is 4.26. The van der Waals surface area contributed by atoms with E-state index in [-0.39, 0.29) is 0 Å². The zero-order valence-electron chi connectivity index (χ0n) is 15.5. The quantitative estimate of drug-likeness (QED) is 0.578. The normalized spacial score (nSPS) is 15.6. The van der Waals surface area contributed by atoms with Gasteiger partial charge < -0.3 is 10.2 Å². The van der Waals surface area contributed by atoms with Gasteiger partial charge in [-0.3, -0.25) is 13.4 Å². The molecule has 0 amide bonds. The standard InChI is InChI=1S/C21H20BF2N3O/c1-15-12-18(8-7-16-4-2-5-17(13-16)14-28)26-21(15)19(9-10-25)20-6-3-11-27(20)22(23)24/h2-8,11-14H,9-10,25H2,1H3/b8-7+,21-19-. The second kappa shape index (κ2) is 8.76. The van der Waals surface area contributed by atoms with Gasteiger partial charge in [0.1, 0.15) is 6.29 Å². The van der Waals surface area contributed by atoms with Crippen LogP contribution in [0.15, 0.2) is 71.0 Å². The van der Waals surface area contributed by atoms with Gasteiger partial charge in [-0.25, -0.2) is 4.99 Å². The Morgan fingerprint density at radius 2 is 2.00 bits per heavy atom. The summed E-state index contributed by atoms with van der Waals surface area (Å²) in [6.45, 7) is 2.23. The molecular weight excluding hydrogens is 359 g/mol. The fourth-order valence-electron chi connectivity index (χ4n) is 3.18. The number of halogens is 2. The Bertz CT molecular complexity index is 1000. The Hall–Kier alpha value is -3.06. The third-order valence-corrected chi connectivity index (χ3v) is 4.45. The van der Waals surface area contributed by atoms with Crippen LogP contribution in [0.1, 0.15) is 35.0 Å². The van der Waals surface area contributed by atoms with Crippen molar-refractivity contribution in [1.82, 2.24) is 4.48 Å². The van der Waals surface area contributed by atoms with E-state index in [1.165, 1.54) is 6.20 Å². The van der Waals surface area contributed by atoms with E-state index < -0.39 is 7.40 Å². The molecule has 0 saturated heterocycles. The summed E-state index contributed by atoms with van der Waals surface area (Å²) in [5, 5.41) is 0. The monoisotopic (exact) mass is 379 g/mol. The van der Waals surface area contributed by atoms with Gasteiger partial charge in [0, 0.05) is 16.8 Å². The highest BCUT2D eigenvalue weighted by Gasteiger charge is 2.24. The minimum atomic E-state index is -2.63. The summed E-state index contributed by atoms with van der Waals surface area (Å²) in [5.74, 6) is 0. The largest absolute Gasteiger partial charge is 0.677 e. The number of allylic oxidation sites excluding steroid dienone is 3. The smallest absolute Gasteiger partial charge is 0.332 e. The van der Waals surface area contributed by atoms with Gasteiger partial charge in [-0.05, 0) is 67.6 Å². The Morgan fingerprint density at radius 3 is 2.71 bits per heavy atom. The van der Waals surface area contributed by atoms with Crippen LogP contribution in [0.25, 0.3) is 11.6 Å². The molecule has 0 spiro atoms. The summed E-state index contributed by atoms with van der Waals surface area (Å²) in [4.78, 5) is 15.5. The third-order valence-electron chi connectivity index (χ3n) is 4.45. The Balaban J connectivity index is 1.97. The van der Waals surface area contributed by atoms with Crippen molar-refractivity contribution in [3.63, 3.8) is 0 Å². The van der Waals surface area contributed by atoms with Crippen molar-refractivity contribution >= 4 is 31.0 Å². The molecular formula is C21H20BF2N3O. The number of hydrogen-bond donors (Lipinski definition) is 1. The molecule has 142 valence electrons. The molecule has 1 aromatic carbocycles. The van der Waals surface area contributed by atoms with Crippen LogP contribution in [0.4, 0.5) is 8.63 Å². The molecule has 28 heavy (non-hydrogen) atoms. The lowest BCUT2D eigenvalue weighted by Crippen LogP contribution is -2.16. The number of carbonyl (C=O) groups is 1. The highest BCUT2D eigenvalue weighted by atomic mass is 19.2. The summed E-state index contributed by atoms with van der Waals surface area (Å²) in [7, 11) is -2.63. The summed E-state index contributed by atoms with van der Waals surface area (Å²) in [6.07, 6.45) is 8.21. The number of nitrogens with two attached hydrogens (primary N) is 1. The fraction of sp³-hybridized carbons (Fsp3) is 0.143. The predicted molar refractivity (Wildman–Crippen MR) is 110 cm³/mol. The van der Waals surface area contributed by atoms with Gasteiger partial charge in [-0.1, -0.05) is 24.3 Å². The first kappa shape index (κ1) is 19.7. The van der Waals surface area contributed by atoms with E-state index in [0.717, 1.165) is 21.9 Å². The molecule has 1 aromatic heterocycles. The lowest BCUT2D eigenvalue weighted by atomic mass is 10.0. The second-order valence-electron chi connectivity index (χ2n) is 6.43. The topological polar surface area (TPSA) is 60.4 Å². The van der Waals surface area contributed by atoms with Crippen LogP contribution < -0.4 is 5.73 Å². The first-order valence-electron chi connectivity index (χ1n) is 8.92. The lowest BCUT2D eigenvalue weighted by molar-refractivity contribution is 0.112. The molecule has 0 bridgehead atoms. The van der Waals surface area contributed by atoms with Crippen molar-refractivity contribution in [2.45, 2.75) is 13.3 Å². The van der Waals surface area contributed by atoms with Crippen LogP contribution in [-0.2, 0) is 0 Å². The maximum Gasteiger partial charge on any atom is 0.677 e. The Labute approximate surface area is 163 Å². The number of aldehydes is 1. The minimum absolute atomic E-state index is 0.333. The summed E-state index contributed by atoms with van der Waals surface area (Å²) in [6, 6.07) is 10.5. The van der Waals surface area contributed by atoms with Crippen molar-refractivity contribution in [1.29, 1.82) is 0 Å². The molecule has 1 aliphatic rings. The number of hydrogen-bond acceptors (Lipinski definition) is 3. The molecule has 1 aliphatic heterocycles. The number of nitrogens with zero attached hydrogens (tertiary/aromatic N) is 2. The molecule has 0 unspecified atom stereocenters. The maximum absolute atomic E-state index is 13.3. The van der Waals surface area contributed by atoms with Gasteiger partial charge in [0.05, 0.1) is 11.4 Å². The molecule has 3 rings (SSSR count). The van der Waals surface area contributed by atoms with E-state index in [1.807, 2.05) is 37.3 Å². The second-order valence-corrected chi connectivity index (χ2v) is 6.43. The van der Waals surface area contributed by atoms with Gasteiger partial charge in [-0.15, -0.1) is 0 Å². The molecule has 0 radical (unpaired) electrons. The van der Waals surface area contributed by atoms with Crippen LogP contribution in [0.5, 0.6) is 0 Å². The lowest BCUT2D eigenvalue weighted by Gasteiger charge is -2.12. The molecule has 4 nitrogen and oxygen atoms in total. The molecule has 2 aromatic rings. The number of carbonyl (C=O) groups excluding carboxylic acids is 1. The average Bonchev–Trinajstić information content (AvgIpc) is 3.31. The maximum atomic E-state index is 13.3. The minimum Gasteiger partial charge on any atom is -0.332 e. The summed E-state index contributed by atoms with van der Waals surface area (Å²) < 4.78 is 27.6. The molecule has 0 saturated carbocycles. The van der Waals surface area contributed by atoms with Gasteiger partial charge in [0.25, 0.3) is 0 Å². The molecule has 7 heteroatoms. The zero-order valence-corrected chi connectivity index (χ0v) is 15.5. The first-order valence-corrected chi connectivity index (χ1v) is 8.92. The van der Waals surface area contributed by atoms with E-state index in [1.54, 1.807) is 24.3 Å². The van der Waals surface area contributed by atoms with Crippen LogP contribution in [0.3, 0.4) is 0 Å². The summed E-state index contributed by atoms with van der Waals surface area (Å²) in [5.41, 5.74) is 10.6. The van der Waals surface area contributed by atoms with Crippen molar-refractivity contribution < 1.29 is 13.4 Å². The van der Waals surface area contributed by atoms with Gasteiger partial charge in [-0.2, -0.15) is 0 Å². The highest BCUT2D eigenvalue weighted by Crippen LogP contribution is 2.31. The zero-order chi connectivity index (χ0) is 20.1. The van der Waals surface area contributed by atoms with E-state index in [0.29, 0.717) is 41.2 Å². The van der Waals surface area contributed by atoms with Gasteiger partial charge in [0.15, 0.2) is 0 Å². The van der Waals surface area contributed by atoms with Crippen molar-refractivity contribution in [3.8, 4) is 0 Å². The van der Waals surface area contributed by atoms with Gasteiger partial charge in [0.2, 0.25) is 0 Å². The number of aliphatic imine (C=N–C) groups is 1. The number of aromatic nitrogens is 1.